The van der Waals surface area contributed by atoms with Gasteiger partial charge in [0.25, 0.3) is 0 Å². The molecule has 2 heterocycles. The van der Waals surface area contributed by atoms with Crippen molar-refractivity contribution in [2.75, 3.05) is 39.8 Å². The lowest BCUT2D eigenvalue weighted by Gasteiger charge is -2.33. The maximum atomic E-state index is 12.6. The number of methoxy groups -OCH3 is 1. The normalized spacial score (nSPS) is 17.9. The highest BCUT2D eigenvalue weighted by Gasteiger charge is 2.30. The molecule has 2 rings (SSSR count). The molecule has 6 nitrogen and oxygen atoms in total. The first-order chi connectivity index (χ1) is 9.84. The molecule has 118 valence electrons. The van der Waals surface area contributed by atoms with E-state index >= 15 is 0 Å². The zero-order chi connectivity index (χ0) is 15.6. The second-order valence-electron chi connectivity index (χ2n) is 5.03. The summed E-state index contributed by atoms with van der Waals surface area (Å²) in [5.41, 5.74) is 0. The van der Waals surface area contributed by atoms with Crippen molar-refractivity contribution < 1.29 is 17.9 Å². The Hall–Kier alpha value is -0.960. The first-order valence-corrected chi connectivity index (χ1v) is 8.96. The van der Waals surface area contributed by atoms with Crippen molar-refractivity contribution in [2.45, 2.75) is 18.7 Å². The summed E-state index contributed by atoms with van der Waals surface area (Å²) in [5.74, 6) is -0.296. The van der Waals surface area contributed by atoms with Crippen LogP contribution < -0.4 is 0 Å². The number of esters is 1. The number of hydrogen-bond donors (Lipinski definition) is 0. The predicted octanol–water partition coefficient (Wildman–Crippen LogP) is 0.844. The van der Waals surface area contributed by atoms with Crippen LogP contribution in [0, 0.1) is 13.8 Å². The summed E-state index contributed by atoms with van der Waals surface area (Å²) in [7, 11) is -2.08. The summed E-state index contributed by atoms with van der Waals surface area (Å²) < 4.78 is 31.4. The van der Waals surface area contributed by atoms with Crippen LogP contribution >= 0.6 is 11.3 Å². The number of aryl methyl sites for hydroxylation is 2. The van der Waals surface area contributed by atoms with Gasteiger partial charge < -0.3 is 4.74 Å². The molecule has 0 atom stereocenters. The quantitative estimate of drug-likeness (QED) is 0.765. The Kier molecular flexibility index (Phi) is 5.03. The van der Waals surface area contributed by atoms with Crippen molar-refractivity contribution in [3.05, 3.63) is 15.8 Å². The number of carbonyl (C=O) groups is 1. The molecule has 0 unspecified atom stereocenters. The van der Waals surface area contributed by atoms with Gasteiger partial charge in [-0.1, -0.05) is 0 Å². The van der Waals surface area contributed by atoms with Crippen LogP contribution in [0.5, 0.6) is 0 Å². The maximum Gasteiger partial charge on any atom is 0.319 e. The van der Waals surface area contributed by atoms with Gasteiger partial charge in [-0.3, -0.25) is 9.69 Å². The molecule has 1 aromatic heterocycles. The lowest BCUT2D eigenvalue weighted by Crippen LogP contribution is -2.49. The van der Waals surface area contributed by atoms with E-state index < -0.39 is 10.0 Å². The molecule has 0 saturated carbocycles. The second kappa shape index (κ2) is 6.43. The van der Waals surface area contributed by atoms with Crippen molar-refractivity contribution in [2.24, 2.45) is 0 Å². The Morgan fingerprint density at radius 1 is 1.29 bits per heavy atom. The summed E-state index contributed by atoms with van der Waals surface area (Å²) in [6.45, 7) is 5.82. The summed E-state index contributed by atoms with van der Waals surface area (Å²) in [6, 6.07) is 1.73. The van der Waals surface area contributed by atoms with Crippen molar-refractivity contribution in [1.82, 2.24) is 9.21 Å². The number of thiophene rings is 1. The van der Waals surface area contributed by atoms with Gasteiger partial charge in [0.2, 0.25) is 10.0 Å². The topological polar surface area (TPSA) is 66.9 Å². The van der Waals surface area contributed by atoms with Gasteiger partial charge >= 0.3 is 5.97 Å². The van der Waals surface area contributed by atoms with Gasteiger partial charge in [-0.2, -0.15) is 4.31 Å². The molecule has 1 aliphatic heterocycles. The van der Waals surface area contributed by atoms with Crippen LogP contribution in [0.2, 0.25) is 0 Å². The Morgan fingerprint density at radius 3 is 2.38 bits per heavy atom. The third-order valence-corrected chi connectivity index (χ3v) is 6.64. The third-order valence-electron chi connectivity index (χ3n) is 3.52. The molecule has 1 fully saturated rings. The minimum absolute atomic E-state index is 0.209. The van der Waals surface area contributed by atoms with Crippen LogP contribution in [0.15, 0.2) is 11.0 Å². The van der Waals surface area contributed by atoms with Gasteiger partial charge in [0, 0.05) is 35.9 Å². The van der Waals surface area contributed by atoms with Crippen LogP contribution in [-0.4, -0.2) is 63.4 Å². The first kappa shape index (κ1) is 16.4. The van der Waals surface area contributed by atoms with Crippen LogP contribution in [0.1, 0.15) is 9.75 Å². The maximum absolute atomic E-state index is 12.6. The molecule has 0 aromatic carbocycles. The standard InChI is InChI=1S/C13H20N2O4S2/c1-10-8-12(11(2)20-10)21(17,18)15-6-4-14(5-7-15)9-13(16)19-3/h8H,4-7,9H2,1-3H3. The summed E-state index contributed by atoms with van der Waals surface area (Å²) in [4.78, 5) is 15.4. The van der Waals surface area contributed by atoms with Gasteiger partial charge in [0.1, 0.15) is 0 Å². The summed E-state index contributed by atoms with van der Waals surface area (Å²) in [6.07, 6.45) is 0. The van der Waals surface area contributed by atoms with E-state index in [1.165, 1.54) is 22.8 Å². The Morgan fingerprint density at radius 2 is 1.90 bits per heavy atom. The van der Waals surface area contributed by atoms with Crippen molar-refractivity contribution >= 4 is 27.3 Å². The van der Waals surface area contributed by atoms with Gasteiger partial charge in [0.15, 0.2) is 0 Å². The number of carbonyl (C=O) groups excluding carboxylic acids is 1. The highest BCUT2D eigenvalue weighted by Crippen LogP contribution is 2.28. The molecular formula is C13H20N2O4S2. The molecule has 1 saturated heterocycles. The summed E-state index contributed by atoms with van der Waals surface area (Å²) in [5, 5.41) is 0. The van der Waals surface area contributed by atoms with E-state index in [1.54, 1.807) is 6.07 Å². The highest BCUT2D eigenvalue weighted by molar-refractivity contribution is 7.89. The minimum atomic E-state index is -3.43. The number of ether oxygens (including phenoxy) is 1. The molecule has 0 amide bonds. The van der Waals surface area contributed by atoms with E-state index in [4.69, 9.17) is 0 Å². The number of sulfonamides is 1. The molecular weight excluding hydrogens is 312 g/mol. The van der Waals surface area contributed by atoms with E-state index in [-0.39, 0.29) is 12.5 Å². The molecule has 0 N–H and O–H groups in total. The van der Waals surface area contributed by atoms with Crippen LogP contribution in [-0.2, 0) is 19.6 Å². The van der Waals surface area contributed by atoms with Crippen molar-refractivity contribution in [3.8, 4) is 0 Å². The zero-order valence-electron chi connectivity index (χ0n) is 12.5. The molecule has 8 heteroatoms. The number of nitrogens with zero attached hydrogens (tertiary/aromatic N) is 2. The lowest BCUT2D eigenvalue weighted by atomic mass is 10.3. The largest absolute Gasteiger partial charge is 0.468 e. The number of hydrogen-bond acceptors (Lipinski definition) is 6. The SMILES string of the molecule is COC(=O)CN1CCN(S(=O)(=O)c2cc(C)sc2C)CC1. The Bertz CT molecular complexity index is 616. The van der Waals surface area contributed by atoms with E-state index in [1.807, 2.05) is 18.7 Å². The molecule has 21 heavy (non-hydrogen) atoms. The van der Waals surface area contributed by atoms with Gasteiger partial charge in [0.05, 0.1) is 18.6 Å². The van der Waals surface area contributed by atoms with E-state index in [2.05, 4.69) is 4.74 Å². The third kappa shape index (κ3) is 3.63. The van der Waals surface area contributed by atoms with E-state index in [0.29, 0.717) is 31.1 Å². The fourth-order valence-electron chi connectivity index (χ4n) is 2.38. The smallest absolute Gasteiger partial charge is 0.319 e. The van der Waals surface area contributed by atoms with Crippen LogP contribution in [0.4, 0.5) is 0 Å². The minimum Gasteiger partial charge on any atom is -0.468 e. The molecule has 1 aromatic rings. The highest BCUT2D eigenvalue weighted by atomic mass is 32.2. The molecule has 0 bridgehead atoms. The molecule has 0 radical (unpaired) electrons. The van der Waals surface area contributed by atoms with Crippen LogP contribution in [0.3, 0.4) is 0 Å². The fourth-order valence-corrected chi connectivity index (χ4v) is 5.32. The number of rotatable bonds is 4. The van der Waals surface area contributed by atoms with Gasteiger partial charge in [-0.05, 0) is 19.9 Å². The van der Waals surface area contributed by atoms with Crippen molar-refractivity contribution in [3.63, 3.8) is 0 Å². The fraction of sp³-hybridized carbons (Fsp3) is 0.615. The predicted molar refractivity (Wildman–Crippen MR) is 81.0 cm³/mol. The molecule has 0 aliphatic carbocycles. The average Bonchev–Trinajstić information content (AvgIpc) is 2.79. The Balaban J connectivity index is 2.04. The van der Waals surface area contributed by atoms with Crippen LogP contribution in [0.25, 0.3) is 0 Å². The van der Waals surface area contributed by atoms with Gasteiger partial charge in [-0.15, -0.1) is 11.3 Å². The molecule has 0 spiro atoms. The number of piperazine rings is 1. The zero-order valence-corrected chi connectivity index (χ0v) is 14.1. The first-order valence-electron chi connectivity index (χ1n) is 6.71. The monoisotopic (exact) mass is 332 g/mol. The lowest BCUT2D eigenvalue weighted by molar-refractivity contribution is -0.142. The second-order valence-corrected chi connectivity index (χ2v) is 8.40. The van der Waals surface area contributed by atoms with E-state index in [9.17, 15) is 13.2 Å². The van der Waals surface area contributed by atoms with E-state index in [0.717, 1.165) is 9.75 Å². The Labute approximate surface area is 129 Å². The summed E-state index contributed by atoms with van der Waals surface area (Å²) >= 11 is 1.49. The average molecular weight is 332 g/mol. The van der Waals surface area contributed by atoms with Crippen molar-refractivity contribution in [1.29, 1.82) is 0 Å². The molecule has 1 aliphatic rings. The van der Waals surface area contributed by atoms with Gasteiger partial charge in [-0.25, -0.2) is 8.42 Å².